The SMILES string of the molecule is CCCC1CCN(c2nc(C(C)(C)C)c(C=O)s2)CC1. The zero-order valence-electron chi connectivity index (χ0n) is 13.1. The third-order valence-electron chi connectivity index (χ3n) is 4.04. The molecular weight excluding hydrogens is 268 g/mol. The lowest BCUT2D eigenvalue weighted by molar-refractivity contribution is 0.112. The summed E-state index contributed by atoms with van der Waals surface area (Å²) >= 11 is 1.55. The fourth-order valence-corrected chi connectivity index (χ4v) is 4.04. The lowest BCUT2D eigenvalue weighted by Crippen LogP contribution is -2.33. The van der Waals surface area contributed by atoms with Crippen molar-refractivity contribution in [1.82, 2.24) is 4.98 Å². The highest BCUT2D eigenvalue weighted by Gasteiger charge is 2.26. The molecule has 1 aromatic heterocycles. The van der Waals surface area contributed by atoms with Crippen LogP contribution in [-0.4, -0.2) is 24.4 Å². The molecule has 1 fully saturated rings. The number of nitrogens with zero attached hydrogens (tertiary/aromatic N) is 2. The van der Waals surface area contributed by atoms with Crippen LogP contribution in [0.5, 0.6) is 0 Å². The maximum atomic E-state index is 11.3. The third-order valence-corrected chi connectivity index (χ3v) is 5.08. The fraction of sp³-hybridized carbons (Fsp3) is 0.750. The molecule has 0 amide bonds. The molecule has 4 heteroatoms. The fourth-order valence-electron chi connectivity index (χ4n) is 2.89. The predicted molar refractivity (Wildman–Crippen MR) is 86.0 cm³/mol. The van der Waals surface area contributed by atoms with Crippen LogP contribution in [0, 0.1) is 5.92 Å². The lowest BCUT2D eigenvalue weighted by atomic mass is 9.91. The average molecular weight is 294 g/mol. The predicted octanol–water partition coefficient (Wildman–Crippen LogP) is 4.27. The second-order valence-corrected chi connectivity index (χ2v) is 7.81. The van der Waals surface area contributed by atoms with Gasteiger partial charge in [0.2, 0.25) is 0 Å². The van der Waals surface area contributed by atoms with Crippen molar-refractivity contribution in [2.45, 2.75) is 58.8 Å². The Balaban J connectivity index is 2.11. The molecule has 1 aliphatic heterocycles. The summed E-state index contributed by atoms with van der Waals surface area (Å²) in [5.41, 5.74) is 0.883. The van der Waals surface area contributed by atoms with Gasteiger partial charge in [-0.1, -0.05) is 51.9 Å². The Morgan fingerprint density at radius 3 is 2.45 bits per heavy atom. The Morgan fingerprint density at radius 2 is 2.00 bits per heavy atom. The van der Waals surface area contributed by atoms with Crippen molar-refractivity contribution in [3.05, 3.63) is 10.6 Å². The third kappa shape index (κ3) is 3.40. The van der Waals surface area contributed by atoms with Crippen molar-refractivity contribution in [2.75, 3.05) is 18.0 Å². The highest BCUT2D eigenvalue weighted by molar-refractivity contribution is 7.17. The number of thiazole rings is 1. The Bertz CT molecular complexity index is 454. The highest BCUT2D eigenvalue weighted by atomic mass is 32.1. The van der Waals surface area contributed by atoms with Gasteiger partial charge in [0.25, 0.3) is 0 Å². The summed E-state index contributed by atoms with van der Waals surface area (Å²) in [7, 11) is 0. The molecule has 0 N–H and O–H groups in total. The second-order valence-electron chi connectivity index (χ2n) is 6.80. The molecule has 0 bridgehead atoms. The van der Waals surface area contributed by atoms with E-state index in [2.05, 4.69) is 32.6 Å². The van der Waals surface area contributed by atoms with Gasteiger partial charge in [-0.2, -0.15) is 0 Å². The van der Waals surface area contributed by atoms with Gasteiger partial charge in [-0.3, -0.25) is 4.79 Å². The molecule has 0 aromatic carbocycles. The molecule has 1 aromatic rings. The van der Waals surface area contributed by atoms with Crippen molar-refractivity contribution in [3.63, 3.8) is 0 Å². The largest absolute Gasteiger partial charge is 0.348 e. The number of anilines is 1. The van der Waals surface area contributed by atoms with Crippen LogP contribution in [0.25, 0.3) is 0 Å². The Labute approximate surface area is 126 Å². The van der Waals surface area contributed by atoms with Gasteiger partial charge in [0.05, 0.1) is 10.6 Å². The van der Waals surface area contributed by atoms with E-state index in [-0.39, 0.29) is 5.41 Å². The van der Waals surface area contributed by atoms with E-state index < -0.39 is 0 Å². The number of hydrogen-bond acceptors (Lipinski definition) is 4. The monoisotopic (exact) mass is 294 g/mol. The number of carbonyl (C=O) groups excluding carboxylic acids is 1. The van der Waals surface area contributed by atoms with E-state index in [1.165, 1.54) is 25.7 Å². The first-order valence-electron chi connectivity index (χ1n) is 7.67. The Kier molecular flexibility index (Phi) is 4.84. The Morgan fingerprint density at radius 1 is 1.35 bits per heavy atom. The molecule has 0 spiro atoms. The molecular formula is C16H26N2OS. The van der Waals surface area contributed by atoms with Gasteiger partial charge in [0.1, 0.15) is 0 Å². The van der Waals surface area contributed by atoms with Crippen LogP contribution in [0.3, 0.4) is 0 Å². The summed E-state index contributed by atoms with van der Waals surface area (Å²) in [4.78, 5) is 19.2. The number of rotatable bonds is 4. The van der Waals surface area contributed by atoms with Crippen LogP contribution < -0.4 is 4.90 Å². The molecule has 0 saturated carbocycles. The minimum absolute atomic E-state index is 0.0640. The standard InChI is InChI=1S/C16H26N2OS/c1-5-6-12-7-9-18(10-8-12)15-17-14(16(2,3)4)13(11-19)20-15/h11-12H,5-10H2,1-4H3. The zero-order valence-corrected chi connectivity index (χ0v) is 13.9. The molecule has 20 heavy (non-hydrogen) atoms. The van der Waals surface area contributed by atoms with Gasteiger partial charge in [-0.15, -0.1) is 0 Å². The number of hydrogen-bond donors (Lipinski definition) is 0. The minimum atomic E-state index is -0.0640. The van der Waals surface area contributed by atoms with Gasteiger partial charge >= 0.3 is 0 Å². The first-order valence-corrected chi connectivity index (χ1v) is 8.48. The van der Waals surface area contributed by atoms with Gasteiger partial charge in [0, 0.05) is 18.5 Å². The van der Waals surface area contributed by atoms with Crippen molar-refractivity contribution in [2.24, 2.45) is 5.92 Å². The number of aldehydes is 1. The summed E-state index contributed by atoms with van der Waals surface area (Å²) in [6, 6.07) is 0. The topological polar surface area (TPSA) is 33.2 Å². The number of carbonyl (C=O) groups is 1. The summed E-state index contributed by atoms with van der Waals surface area (Å²) in [5.74, 6) is 0.879. The molecule has 2 heterocycles. The van der Waals surface area contributed by atoms with E-state index in [0.29, 0.717) is 0 Å². The second kappa shape index (κ2) is 6.25. The van der Waals surface area contributed by atoms with Gasteiger partial charge < -0.3 is 4.90 Å². The van der Waals surface area contributed by atoms with Crippen LogP contribution >= 0.6 is 11.3 Å². The highest BCUT2D eigenvalue weighted by Crippen LogP contribution is 2.34. The van der Waals surface area contributed by atoms with E-state index in [1.807, 2.05) is 0 Å². The Hall–Kier alpha value is -0.900. The van der Waals surface area contributed by atoms with Crippen LogP contribution in [0.1, 0.15) is 68.7 Å². The van der Waals surface area contributed by atoms with Crippen LogP contribution in [-0.2, 0) is 5.41 Å². The van der Waals surface area contributed by atoms with E-state index in [1.54, 1.807) is 11.3 Å². The molecule has 3 nitrogen and oxygen atoms in total. The summed E-state index contributed by atoms with van der Waals surface area (Å²) < 4.78 is 0. The van der Waals surface area contributed by atoms with Crippen LogP contribution in [0.2, 0.25) is 0 Å². The molecule has 0 unspecified atom stereocenters. The quantitative estimate of drug-likeness (QED) is 0.778. The maximum Gasteiger partial charge on any atom is 0.186 e. The van der Waals surface area contributed by atoms with E-state index >= 15 is 0 Å². The normalized spacial score (nSPS) is 17.5. The summed E-state index contributed by atoms with van der Waals surface area (Å²) in [5, 5.41) is 1.03. The van der Waals surface area contributed by atoms with Crippen molar-refractivity contribution in [1.29, 1.82) is 0 Å². The smallest absolute Gasteiger partial charge is 0.186 e. The molecule has 0 radical (unpaired) electrons. The molecule has 2 rings (SSSR count). The van der Waals surface area contributed by atoms with Crippen molar-refractivity contribution >= 4 is 22.8 Å². The maximum absolute atomic E-state index is 11.3. The molecule has 1 saturated heterocycles. The lowest BCUT2D eigenvalue weighted by Gasteiger charge is -2.31. The molecule has 112 valence electrons. The number of piperidine rings is 1. The van der Waals surface area contributed by atoms with E-state index in [4.69, 9.17) is 4.98 Å². The van der Waals surface area contributed by atoms with Crippen LogP contribution in [0.15, 0.2) is 0 Å². The minimum Gasteiger partial charge on any atom is -0.348 e. The van der Waals surface area contributed by atoms with Gasteiger partial charge in [-0.25, -0.2) is 4.98 Å². The van der Waals surface area contributed by atoms with Gasteiger partial charge in [-0.05, 0) is 18.8 Å². The first kappa shape index (κ1) is 15.5. The molecule has 0 aliphatic carbocycles. The summed E-state index contributed by atoms with van der Waals surface area (Å²) in [6.45, 7) is 10.8. The summed E-state index contributed by atoms with van der Waals surface area (Å²) in [6.07, 6.45) is 6.11. The van der Waals surface area contributed by atoms with Crippen molar-refractivity contribution < 1.29 is 4.79 Å². The number of aromatic nitrogens is 1. The average Bonchev–Trinajstić information content (AvgIpc) is 2.84. The van der Waals surface area contributed by atoms with E-state index in [9.17, 15) is 4.79 Å². The van der Waals surface area contributed by atoms with Crippen LogP contribution in [0.4, 0.5) is 5.13 Å². The zero-order chi connectivity index (χ0) is 14.8. The van der Waals surface area contributed by atoms with Gasteiger partial charge in [0.15, 0.2) is 11.4 Å². The molecule has 1 aliphatic rings. The van der Waals surface area contributed by atoms with E-state index in [0.717, 1.165) is 41.0 Å². The van der Waals surface area contributed by atoms with Crippen molar-refractivity contribution in [3.8, 4) is 0 Å². The first-order chi connectivity index (χ1) is 9.45. The molecule has 0 atom stereocenters.